The van der Waals surface area contributed by atoms with Crippen LogP contribution >= 0.6 is 0 Å². The van der Waals surface area contributed by atoms with E-state index in [1.165, 1.54) is 0 Å². The molecular formula is C20H23NO4S. The van der Waals surface area contributed by atoms with E-state index in [4.69, 9.17) is 4.74 Å². The molecule has 0 bridgehead atoms. The minimum Gasteiger partial charge on any atom is -0.483 e. The lowest BCUT2D eigenvalue weighted by atomic mass is 10.0. The number of rotatable bonds is 6. The Bertz CT molecular complexity index is 880. The molecule has 0 aromatic heterocycles. The summed E-state index contributed by atoms with van der Waals surface area (Å²) in [4.78, 5) is 12.2. The second-order valence-electron chi connectivity index (χ2n) is 7.01. The summed E-state index contributed by atoms with van der Waals surface area (Å²) >= 11 is 0. The molecule has 0 unspecified atom stereocenters. The van der Waals surface area contributed by atoms with E-state index >= 15 is 0 Å². The summed E-state index contributed by atoms with van der Waals surface area (Å²) in [5.74, 6) is 0.454. The van der Waals surface area contributed by atoms with Crippen LogP contribution in [0.5, 0.6) is 5.75 Å². The third-order valence-corrected chi connectivity index (χ3v) is 6.42. The number of benzene rings is 2. The van der Waals surface area contributed by atoms with Crippen molar-refractivity contribution in [2.75, 3.05) is 18.1 Å². The fraction of sp³-hybridized carbons (Fsp3) is 0.350. The SMILES string of the molecule is C[C@@]1(NC(=O)COc2ccccc2Cc2ccccc2)CCS(=O)(=O)C1. The van der Waals surface area contributed by atoms with Crippen molar-refractivity contribution in [2.45, 2.75) is 25.3 Å². The summed E-state index contributed by atoms with van der Waals surface area (Å²) in [5, 5.41) is 2.81. The quantitative estimate of drug-likeness (QED) is 0.844. The van der Waals surface area contributed by atoms with Gasteiger partial charge >= 0.3 is 0 Å². The van der Waals surface area contributed by atoms with Crippen molar-refractivity contribution >= 4 is 15.7 Å². The molecule has 1 fully saturated rings. The summed E-state index contributed by atoms with van der Waals surface area (Å²) in [7, 11) is -3.06. The molecule has 3 rings (SSSR count). The fourth-order valence-corrected chi connectivity index (χ4v) is 5.32. The highest BCUT2D eigenvalue weighted by Crippen LogP contribution is 2.24. The lowest BCUT2D eigenvalue weighted by Gasteiger charge is -2.24. The Morgan fingerprint density at radius 1 is 1.12 bits per heavy atom. The first-order chi connectivity index (χ1) is 12.4. The standard InChI is InChI=1S/C20H23NO4S/c1-20(11-12-26(23,24)15-20)21-19(22)14-25-18-10-6-5-9-17(18)13-16-7-3-2-4-8-16/h2-10H,11-15H2,1H3,(H,21,22)/t20-/m1/s1. The van der Waals surface area contributed by atoms with E-state index < -0.39 is 15.4 Å². The zero-order chi connectivity index (χ0) is 18.6. The van der Waals surface area contributed by atoms with Gasteiger partial charge in [0.05, 0.1) is 17.0 Å². The Hall–Kier alpha value is -2.34. The minimum atomic E-state index is -3.06. The van der Waals surface area contributed by atoms with Crippen LogP contribution in [-0.4, -0.2) is 38.0 Å². The van der Waals surface area contributed by atoms with Crippen LogP contribution in [0.1, 0.15) is 24.5 Å². The van der Waals surface area contributed by atoms with E-state index in [2.05, 4.69) is 5.32 Å². The Morgan fingerprint density at radius 2 is 1.81 bits per heavy atom. The Morgan fingerprint density at radius 3 is 2.50 bits per heavy atom. The van der Waals surface area contributed by atoms with Crippen LogP contribution in [0.2, 0.25) is 0 Å². The highest BCUT2D eigenvalue weighted by Gasteiger charge is 2.39. The van der Waals surface area contributed by atoms with Crippen LogP contribution in [0.4, 0.5) is 0 Å². The number of ether oxygens (including phenoxy) is 1. The number of carbonyl (C=O) groups excluding carboxylic acids is 1. The molecule has 5 nitrogen and oxygen atoms in total. The number of hydrogen-bond donors (Lipinski definition) is 1. The average Bonchev–Trinajstić information content (AvgIpc) is 2.88. The largest absolute Gasteiger partial charge is 0.483 e. The summed E-state index contributed by atoms with van der Waals surface area (Å²) in [6, 6.07) is 17.7. The van der Waals surface area contributed by atoms with E-state index in [0.29, 0.717) is 18.6 Å². The average molecular weight is 373 g/mol. The van der Waals surface area contributed by atoms with Gasteiger partial charge in [0, 0.05) is 6.42 Å². The second-order valence-corrected chi connectivity index (χ2v) is 9.19. The summed E-state index contributed by atoms with van der Waals surface area (Å²) in [5.41, 5.74) is 1.46. The Labute approximate surface area is 154 Å². The van der Waals surface area contributed by atoms with Gasteiger partial charge in [-0.25, -0.2) is 8.42 Å². The van der Waals surface area contributed by atoms with Gasteiger partial charge in [0.25, 0.3) is 5.91 Å². The lowest BCUT2D eigenvalue weighted by molar-refractivity contribution is -0.124. The van der Waals surface area contributed by atoms with E-state index in [1.54, 1.807) is 6.92 Å². The fourth-order valence-electron chi connectivity index (χ4n) is 3.23. The van der Waals surface area contributed by atoms with Crippen molar-refractivity contribution in [1.29, 1.82) is 0 Å². The molecule has 6 heteroatoms. The van der Waals surface area contributed by atoms with Crippen LogP contribution in [0.25, 0.3) is 0 Å². The van der Waals surface area contributed by atoms with Gasteiger partial charge in [0.2, 0.25) is 0 Å². The van der Waals surface area contributed by atoms with Gasteiger partial charge in [-0.15, -0.1) is 0 Å². The molecule has 0 radical (unpaired) electrons. The van der Waals surface area contributed by atoms with Crippen LogP contribution in [0.3, 0.4) is 0 Å². The maximum Gasteiger partial charge on any atom is 0.258 e. The summed E-state index contributed by atoms with van der Waals surface area (Å²) < 4.78 is 29.0. The summed E-state index contributed by atoms with van der Waals surface area (Å²) in [6.07, 6.45) is 1.15. The number of amides is 1. The normalized spacial score (nSPS) is 21.3. The number of nitrogens with one attached hydrogen (secondary N) is 1. The van der Waals surface area contributed by atoms with Crippen molar-refractivity contribution < 1.29 is 17.9 Å². The molecule has 1 aliphatic rings. The molecule has 2 aromatic rings. The molecule has 26 heavy (non-hydrogen) atoms. The first-order valence-electron chi connectivity index (χ1n) is 8.61. The maximum absolute atomic E-state index is 12.2. The third-order valence-electron chi connectivity index (χ3n) is 4.51. The molecule has 0 spiro atoms. The smallest absolute Gasteiger partial charge is 0.258 e. The molecule has 0 aliphatic carbocycles. The highest BCUT2D eigenvalue weighted by atomic mass is 32.2. The predicted octanol–water partition coefficient (Wildman–Crippen LogP) is 2.35. The molecule has 1 amide bonds. The number of sulfone groups is 1. The van der Waals surface area contributed by atoms with Gasteiger partial charge in [0.15, 0.2) is 16.4 Å². The maximum atomic E-state index is 12.2. The van der Waals surface area contributed by atoms with E-state index in [-0.39, 0.29) is 24.0 Å². The third kappa shape index (κ3) is 4.85. The molecule has 1 aliphatic heterocycles. The highest BCUT2D eigenvalue weighted by molar-refractivity contribution is 7.91. The first-order valence-corrected chi connectivity index (χ1v) is 10.4. The van der Waals surface area contributed by atoms with Gasteiger partial charge in [-0.2, -0.15) is 0 Å². The van der Waals surface area contributed by atoms with Gasteiger partial charge in [-0.1, -0.05) is 48.5 Å². The van der Waals surface area contributed by atoms with Crippen molar-refractivity contribution in [2.24, 2.45) is 0 Å². The van der Waals surface area contributed by atoms with Gasteiger partial charge in [-0.3, -0.25) is 4.79 Å². The molecule has 1 N–H and O–H groups in total. The van der Waals surface area contributed by atoms with Crippen LogP contribution < -0.4 is 10.1 Å². The zero-order valence-electron chi connectivity index (χ0n) is 14.8. The first kappa shape index (κ1) is 18.5. The summed E-state index contributed by atoms with van der Waals surface area (Å²) in [6.45, 7) is 1.63. The Kier molecular flexibility index (Phi) is 5.32. The van der Waals surface area contributed by atoms with Crippen LogP contribution in [0, 0.1) is 0 Å². The Balaban J connectivity index is 1.60. The number of hydrogen-bond acceptors (Lipinski definition) is 4. The monoisotopic (exact) mass is 373 g/mol. The van der Waals surface area contributed by atoms with Crippen LogP contribution in [0.15, 0.2) is 54.6 Å². The van der Waals surface area contributed by atoms with Crippen LogP contribution in [-0.2, 0) is 21.1 Å². The van der Waals surface area contributed by atoms with E-state index in [0.717, 1.165) is 11.1 Å². The zero-order valence-corrected chi connectivity index (χ0v) is 15.6. The topological polar surface area (TPSA) is 72.5 Å². The minimum absolute atomic E-state index is 0.0175. The molecule has 1 saturated heterocycles. The number of carbonyl (C=O) groups is 1. The van der Waals surface area contributed by atoms with Crippen molar-refractivity contribution in [3.05, 3.63) is 65.7 Å². The van der Waals surface area contributed by atoms with Crippen molar-refractivity contribution in [1.82, 2.24) is 5.32 Å². The second kappa shape index (κ2) is 7.50. The van der Waals surface area contributed by atoms with Crippen molar-refractivity contribution in [3.8, 4) is 5.75 Å². The lowest BCUT2D eigenvalue weighted by Crippen LogP contribution is -2.48. The molecule has 0 saturated carbocycles. The van der Waals surface area contributed by atoms with E-state index in [1.807, 2.05) is 54.6 Å². The van der Waals surface area contributed by atoms with Crippen molar-refractivity contribution in [3.63, 3.8) is 0 Å². The molecule has 138 valence electrons. The molecular weight excluding hydrogens is 350 g/mol. The van der Waals surface area contributed by atoms with Gasteiger partial charge in [0.1, 0.15) is 5.75 Å². The molecule has 1 atom stereocenters. The number of para-hydroxylation sites is 1. The van der Waals surface area contributed by atoms with Gasteiger partial charge < -0.3 is 10.1 Å². The predicted molar refractivity (Wildman–Crippen MR) is 101 cm³/mol. The molecule has 2 aromatic carbocycles. The molecule has 1 heterocycles. The van der Waals surface area contributed by atoms with E-state index in [9.17, 15) is 13.2 Å². The van der Waals surface area contributed by atoms with Gasteiger partial charge in [-0.05, 0) is 30.5 Å².